The largest absolute Gasteiger partial charge is 0.361 e. The van der Waals surface area contributed by atoms with E-state index in [-0.39, 0.29) is 12.1 Å². The average molecular weight is 520 g/mol. The molecule has 0 radical (unpaired) electrons. The summed E-state index contributed by atoms with van der Waals surface area (Å²) in [4.78, 5) is 12.4. The molecule has 0 unspecified atom stereocenters. The molecule has 2 atom stereocenters. The van der Waals surface area contributed by atoms with Gasteiger partial charge in [0.2, 0.25) is 5.95 Å². The maximum atomic E-state index is 6.58. The normalized spacial score (nSPS) is 17.6. The van der Waals surface area contributed by atoms with Gasteiger partial charge in [0, 0.05) is 27.6 Å². The van der Waals surface area contributed by atoms with Crippen LogP contribution in [0.15, 0.2) is 82.6 Å². The Morgan fingerprint density at radius 3 is 2.42 bits per heavy atom. The molecule has 6 heteroatoms. The second kappa shape index (κ2) is 11.0. The van der Waals surface area contributed by atoms with Crippen molar-refractivity contribution >= 4 is 35.7 Å². The van der Waals surface area contributed by atoms with Crippen molar-refractivity contribution in [3.8, 4) is 0 Å². The molecule has 0 aliphatic heterocycles. The van der Waals surface area contributed by atoms with Crippen molar-refractivity contribution in [2.24, 2.45) is 5.73 Å². The van der Waals surface area contributed by atoms with E-state index in [9.17, 15) is 0 Å². The molecule has 0 saturated carbocycles. The summed E-state index contributed by atoms with van der Waals surface area (Å²) in [6.07, 6.45) is 8.33. The Labute approximate surface area is 228 Å². The quantitative estimate of drug-likeness (QED) is 0.297. The maximum absolute atomic E-state index is 6.58. The van der Waals surface area contributed by atoms with Gasteiger partial charge in [0.1, 0.15) is 5.82 Å². The second-order valence-electron chi connectivity index (χ2n) is 9.89. The summed E-state index contributed by atoms with van der Waals surface area (Å²) in [7, 11) is 0. The first-order valence-corrected chi connectivity index (χ1v) is 14.3. The van der Waals surface area contributed by atoms with Crippen LogP contribution < -0.4 is 26.9 Å². The molecule has 4 N–H and O–H groups in total. The highest BCUT2D eigenvalue weighted by Gasteiger charge is 2.30. The van der Waals surface area contributed by atoms with Gasteiger partial charge < -0.3 is 16.4 Å². The van der Waals surface area contributed by atoms with Crippen LogP contribution >= 0.6 is 11.8 Å². The molecule has 1 aromatic heterocycles. The van der Waals surface area contributed by atoms with Crippen molar-refractivity contribution in [1.29, 1.82) is 0 Å². The first-order chi connectivity index (χ1) is 18.7. The van der Waals surface area contributed by atoms with Crippen LogP contribution in [0, 0.1) is 0 Å². The summed E-state index contributed by atoms with van der Waals surface area (Å²) in [5, 5.41) is 9.28. The van der Waals surface area contributed by atoms with E-state index in [1.807, 2.05) is 11.8 Å². The summed E-state index contributed by atoms with van der Waals surface area (Å²) >= 11 is 1.82. The predicted molar refractivity (Wildman–Crippen MR) is 158 cm³/mol. The van der Waals surface area contributed by atoms with Gasteiger partial charge in [-0.05, 0) is 60.1 Å². The zero-order valence-electron chi connectivity index (χ0n) is 21.7. The zero-order valence-corrected chi connectivity index (χ0v) is 22.5. The minimum atomic E-state index is 0.0110. The molecule has 38 heavy (non-hydrogen) atoms. The molecule has 0 fully saturated rings. The van der Waals surface area contributed by atoms with Crippen LogP contribution in [-0.4, -0.2) is 16.0 Å². The Hall–Kier alpha value is -3.61. The molecule has 3 aromatic carbocycles. The Kier molecular flexibility index (Phi) is 7.16. The number of fused-ring (bicyclic) bond motifs is 2. The molecule has 6 rings (SSSR count). The molecular formula is C32H33N5S. The van der Waals surface area contributed by atoms with Gasteiger partial charge in [-0.15, -0.1) is 0 Å². The van der Waals surface area contributed by atoms with Gasteiger partial charge in [0.05, 0.1) is 11.4 Å². The Morgan fingerprint density at radius 2 is 1.58 bits per heavy atom. The van der Waals surface area contributed by atoms with Crippen molar-refractivity contribution < 1.29 is 0 Å². The molecule has 0 bridgehead atoms. The predicted octanol–water partition coefficient (Wildman–Crippen LogP) is 5.19. The van der Waals surface area contributed by atoms with Crippen molar-refractivity contribution in [2.75, 3.05) is 10.6 Å². The number of aromatic nitrogens is 2. The van der Waals surface area contributed by atoms with Crippen LogP contribution in [-0.2, 0) is 19.4 Å². The summed E-state index contributed by atoms with van der Waals surface area (Å²) in [6, 6.07) is 25.8. The van der Waals surface area contributed by atoms with Crippen molar-refractivity contribution in [3.63, 3.8) is 0 Å². The van der Waals surface area contributed by atoms with Gasteiger partial charge >= 0.3 is 0 Å². The average Bonchev–Trinajstić information content (AvgIpc) is 3.27. The summed E-state index contributed by atoms with van der Waals surface area (Å²) in [6.45, 7) is 2.85. The third-order valence-corrected chi connectivity index (χ3v) is 8.61. The lowest BCUT2D eigenvalue weighted by Crippen LogP contribution is -2.38. The van der Waals surface area contributed by atoms with E-state index in [0.29, 0.717) is 12.5 Å². The lowest BCUT2D eigenvalue weighted by Gasteiger charge is -2.21. The van der Waals surface area contributed by atoms with E-state index in [2.05, 4.69) is 103 Å². The van der Waals surface area contributed by atoms with E-state index in [1.54, 1.807) is 0 Å². The zero-order chi connectivity index (χ0) is 25.9. The lowest BCUT2D eigenvalue weighted by atomic mass is 10.1. The number of hydrogen-bond donors (Lipinski definition) is 3. The number of nitrogens with zero attached hydrogens (tertiary/aromatic N) is 2. The monoisotopic (exact) mass is 519 g/mol. The molecule has 0 saturated heterocycles. The fourth-order valence-electron chi connectivity index (χ4n) is 5.38. The van der Waals surface area contributed by atoms with Crippen LogP contribution in [0.2, 0.25) is 0 Å². The Balaban J connectivity index is 1.27. The smallest absolute Gasteiger partial charge is 0.225 e. The number of anilines is 2. The van der Waals surface area contributed by atoms with Crippen LogP contribution in [0.5, 0.6) is 0 Å². The number of aryl methyl sites for hydroxylation is 1. The van der Waals surface area contributed by atoms with Crippen molar-refractivity contribution in [2.45, 2.75) is 61.0 Å². The molecule has 2 aliphatic rings. The molecule has 5 nitrogen and oxygen atoms in total. The number of benzene rings is 3. The van der Waals surface area contributed by atoms with Gasteiger partial charge in [-0.2, -0.15) is 4.98 Å². The highest BCUT2D eigenvalue weighted by molar-refractivity contribution is 7.99. The maximum Gasteiger partial charge on any atom is 0.225 e. The van der Waals surface area contributed by atoms with Crippen LogP contribution in [0.25, 0.3) is 12.2 Å². The molecule has 192 valence electrons. The van der Waals surface area contributed by atoms with Gasteiger partial charge in [0.15, 0.2) is 0 Å². The van der Waals surface area contributed by atoms with Crippen LogP contribution in [0.1, 0.15) is 48.1 Å². The minimum absolute atomic E-state index is 0.0110. The molecule has 2 aliphatic carbocycles. The summed E-state index contributed by atoms with van der Waals surface area (Å²) in [5.41, 5.74) is 11.8. The van der Waals surface area contributed by atoms with E-state index < -0.39 is 0 Å². The number of rotatable bonds is 8. The van der Waals surface area contributed by atoms with Gasteiger partial charge in [-0.3, -0.25) is 0 Å². The number of nitrogens with two attached hydrogens (primary N) is 1. The first kappa shape index (κ1) is 24.7. The molecule has 4 aromatic rings. The number of hydrogen-bond acceptors (Lipinski definition) is 6. The Bertz CT molecular complexity index is 1580. The SMILES string of the molecule is CCc1ccccc1Sc1ccccc1CNc1nc(N[C@H]2c3ccccc3C[C@H]2N)c2c(n1)=CCCC=2. The third-order valence-electron chi connectivity index (χ3n) is 7.38. The summed E-state index contributed by atoms with van der Waals surface area (Å²) < 4.78 is 0. The summed E-state index contributed by atoms with van der Waals surface area (Å²) in [5.74, 6) is 1.48. The topological polar surface area (TPSA) is 75.9 Å². The van der Waals surface area contributed by atoms with E-state index in [4.69, 9.17) is 15.7 Å². The van der Waals surface area contributed by atoms with Crippen LogP contribution in [0.3, 0.4) is 0 Å². The molecular weight excluding hydrogens is 486 g/mol. The lowest BCUT2D eigenvalue weighted by molar-refractivity contribution is 0.623. The molecule has 0 spiro atoms. The molecule has 0 amide bonds. The minimum Gasteiger partial charge on any atom is -0.361 e. The van der Waals surface area contributed by atoms with Gasteiger partial charge in [0.25, 0.3) is 0 Å². The van der Waals surface area contributed by atoms with E-state index in [0.717, 1.165) is 42.1 Å². The van der Waals surface area contributed by atoms with Crippen molar-refractivity contribution in [3.05, 3.63) is 106 Å². The van der Waals surface area contributed by atoms with E-state index in [1.165, 1.54) is 32.0 Å². The van der Waals surface area contributed by atoms with Gasteiger partial charge in [-0.1, -0.05) is 91.5 Å². The number of nitrogens with one attached hydrogen (secondary N) is 2. The fourth-order valence-corrected chi connectivity index (χ4v) is 6.52. The van der Waals surface area contributed by atoms with E-state index >= 15 is 0 Å². The highest BCUT2D eigenvalue weighted by Crippen LogP contribution is 2.34. The highest BCUT2D eigenvalue weighted by atomic mass is 32.2. The molecule has 1 heterocycles. The fraction of sp³-hybridized carbons (Fsp3) is 0.250. The standard InChI is InChI=1S/C32H33N5S/c1-2-21-11-4-9-17-28(21)38-29-18-10-5-13-23(29)20-34-32-35-27-16-8-7-15-25(27)31(37-32)36-30-24-14-6-3-12-22(24)19-26(30)33/h3-6,9-18,26,30H,2,7-8,19-20,33H2,1H3,(H2,34,35,36,37)/t26-,30+/m1/s1. The first-order valence-electron chi connectivity index (χ1n) is 13.5. The Morgan fingerprint density at radius 1 is 0.868 bits per heavy atom. The van der Waals surface area contributed by atoms with Crippen molar-refractivity contribution in [1.82, 2.24) is 9.97 Å². The second-order valence-corrected chi connectivity index (χ2v) is 11.0. The third kappa shape index (κ3) is 5.06. The van der Waals surface area contributed by atoms with Gasteiger partial charge in [-0.25, -0.2) is 4.98 Å². The van der Waals surface area contributed by atoms with Crippen LogP contribution in [0.4, 0.5) is 11.8 Å².